The average molecular weight is 199 g/mol. The second-order valence-corrected chi connectivity index (χ2v) is 5.47. The minimum absolute atomic E-state index is 0.133. The van der Waals surface area contributed by atoms with Crippen LogP contribution in [-0.2, 0) is 0 Å². The van der Waals surface area contributed by atoms with Crippen molar-refractivity contribution in [1.29, 1.82) is 0 Å². The van der Waals surface area contributed by atoms with Gasteiger partial charge in [0, 0.05) is 12.0 Å². The summed E-state index contributed by atoms with van der Waals surface area (Å²) in [4.78, 5) is 0. The third kappa shape index (κ3) is 2.12. The molecule has 0 aromatic carbocycles. The maximum absolute atomic E-state index is 10.5. The van der Waals surface area contributed by atoms with Crippen LogP contribution in [-0.4, -0.2) is 17.3 Å². The maximum atomic E-state index is 10.5. The first-order valence-corrected chi connectivity index (χ1v) is 5.87. The van der Waals surface area contributed by atoms with Crippen molar-refractivity contribution in [3.8, 4) is 0 Å². The van der Waals surface area contributed by atoms with Crippen LogP contribution in [0, 0.1) is 11.3 Å². The Morgan fingerprint density at radius 1 is 1.36 bits per heavy atom. The van der Waals surface area contributed by atoms with Crippen molar-refractivity contribution >= 4 is 0 Å². The molecule has 1 aliphatic rings. The summed E-state index contributed by atoms with van der Waals surface area (Å²) in [5, 5.41) is 10.5. The largest absolute Gasteiger partial charge is 0.389 e. The molecule has 0 saturated heterocycles. The SMILES string of the molecule is CCC1CCC(O)(C(C)(C)CN)CC1. The lowest BCUT2D eigenvalue weighted by Gasteiger charge is -2.46. The molecule has 1 aliphatic carbocycles. The molecule has 0 aromatic heterocycles. The molecular formula is C12H25NO. The van der Waals surface area contributed by atoms with E-state index in [-0.39, 0.29) is 5.41 Å². The van der Waals surface area contributed by atoms with Gasteiger partial charge >= 0.3 is 0 Å². The smallest absolute Gasteiger partial charge is 0.0710 e. The van der Waals surface area contributed by atoms with Crippen molar-refractivity contribution in [2.75, 3.05) is 6.54 Å². The molecule has 2 heteroatoms. The van der Waals surface area contributed by atoms with Gasteiger partial charge in [-0.2, -0.15) is 0 Å². The number of nitrogens with two attached hydrogens (primary N) is 1. The molecule has 0 spiro atoms. The van der Waals surface area contributed by atoms with Gasteiger partial charge < -0.3 is 10.8 Å². The third-order valence-corrected chi connectivity index (χ3v) is 4.28. The van der Waals surface area contributed by atoms with Gasteiger partial charge in [-0.25, -0.2) is 0 Å². The summed E-state index contributed by atoms with van der Waals surface area (Å²) in [6.07, 6.45) is 5.43. The molecule has 84 valence electrons. The van der Waals surface area contributed by atoms with E-state index in [4.69, 9.17) is 5.73 Å². The van der Waals surface area contributed by atoms with Crippen molar-refractivity contribution in [3.05, 3.63) is 0 Å². The first-order chi connectivity index (χ1) is 6.45. The van der Waals surface area contributed by atoms with E-state index >= 15 is 0 Å². The average Bonchev–Trinajstić information content (AvgIpc) is 2.19. The quantitative estimate of drug-likeness (QED) is 0.732. The highest BCUT2D eigenvalue weighted by atomic mass is 16.3. The molecule has 1 rings (SSSR count). The highest BCUT2D eigenvalue weighted by Crippen LogP contribution is 2.43. The molecule has 0 heterocycles. The standard InChI is InChI=1S/C12H25NO/c1-4-10-5-7-12(14,8-6-10)11(2,3)9-13/h10,14H,4-9,13H2,1-3H3. The van der Waals surface area contributed by atoms with Crippen LogP contribution >= 0.6 is 0 Å². The predicted molar refractivity (Wildman–Crippen MR) is 60.0 cm³/mol. The van der Waals surface area contributed by atoms with Gasteiger partial charge in [-0.05, 0) is 31.6 Å². The molecule has 1 fully saturated rings. The van der Waals surface area contributed by atoms with Gasteiger partial charge in [-0.15, -0.1) is 0 Å². The normalized spacial score (nSPS) is 34.5. The lowest BCUT2D eigenvalue weighted by Crippen LogP contribution is -2.51. The fourth-order valence-corrected chi connectivity index (χ4v) is 2.43. The van der Waals surface area contributed by atoms with Crippen LogP contribution in [0.2, 0.25) is 0 Å². The Labute approximate surface area is 87.9 Å². The second kappa shape index (κ2) is 4.19. The Morgan fingerprint density at radius 2 is 1.86 bits per heavy atom. The Morgan fingerprint density at radius 3 is 2.21 bits per heavy atom. The summed E-state index contributed by atoms with van der Waals surface area (Å²) in [5.41, 5.74) is 5.08. The number of hydrogen-bond acceptors (Lipinski definition) is 2. The van der Waals surface area contributed by atoms with Crippen LogP contribution in [0.3, 0.4) is 0 Å². The van der Waals surface area contributed by atoms with Crippen molar-refractivity contribution < 1.29 is 5.11 Å². The zero-order valence-corrected chi connectivity index (χ0v) is 9.84. The van der Waals surface area contributed by atoms with Gasteiger partial charge in [-0.1, -0.05) is 27.2 Å². The molecule has 0 amide bonds. The van der Waals surface area contributed by atoms with Gasteiger partial charge in [-0.3, -0.25) is 0 Å². The van der Waals surface area contributed by atoms with Crippen molar-refractivity contribution in [2.24, 2.45) is 17.1 Å². The fourth-order valence-electron chi connectivity index (χ4n) is 2.43. The van der Waals surface area contributed by atoms with Crippen LogP contribution in [0.1, 0.15) is 52.9 Å². The van der Waals surface area contributed by atoms with Gasteiger partial charge in [0.1, 0.15) is 0 Å². The molecule has 0 atom stereocenters. The minimum atomic E-state index is -0.520. The van der Waals surface area contributed by atoms with E-state index in [9.17, 15) is 5.11 Å². The molecule has 1 saturated carbocycles. The zero-order valence-electron chi connectivity index (χ0n) is 9.84. The molecule has 14 heavy (non-hydrogen) atoms. The van der Waals surface area contributed by atoms with E-state index in [2.05, 4.69) is 20.8 Å². The van der Waals surface area contributed by atoms with Gasteiger partial charge in [0.05, 0.1) is 5.60 Å². The highest BCUT2D eigenvalue weighted by Gasteiger charge is 2.44. The van der Waals surface area contributed by atoms with Crippen LogP contribution in [0.5, 0.6) is 0 Å². The predicted octanol–water partition coefficient (Wildman–Crippen LogP) is 2.30. The first kappa shape index (κ1) is 12.0. The number of aliphatic hydroxyl groups is 1. The Bertz CT molecular complexity index is 181. The van der Waals surface area contributed by atoms with E-state index in [1.54, 1.807) is 0 Å². The fraction of sp³-hybridized carbons (Fsp3) is 1.00. The number of rotatable bonds is 3. The van der Waals surface area contributed by atoms with E-state index in [1.807, 2.05) is 0 Å². The van der Waals surface area contributed by atoms with Crippen LogP contribution in [0.4, 0.5) is 0 Å². The molecule has 0 radical (unpaired) electrons. The molecule has 0 unspecified atom stereocenters. The summed E-state index contributed by atoms with van der Waals surface area (Å²) in [6.45, 7) is 6.97. The number of hydrogen-bond donors (Lipinski definition) is 2. The Hall–Kier alpha value is -0.0800. The summed E-state index contributed by atoms with van der Waals surface area (Å²) in [6, 6.07) is 0. The van der Waals surface area contributed by atoms with Crippen molar-refractivity contribution in [1.82, 2.24) is 0 Å². The molecule has 0 aliphatic heterocycles. The molecular weight excluding hydrogens is 174 g/mol. The van der Waals surface area contributed by atoms with Crippen LogP contribution in [0.25, 0.3) is 0 Å². The first-order valence-electron chi connectivity index (χ1n) is 5.87. The lowest BCUT2D eigenvalue weighted by molar-refractivity contribution is -0.0970. The molecule has 2 nitrogen and oxygen atoms in total. The topological polar surface area (TPSA) is 46.2 Å². The second-order valence-electron chi connectivity index (χ2n) is 5.47. The van der Waals surface area contributed by atoms with E-state index < -0.39 is 5.60 Å². The Kier molecular flexibility index (Phi) is 3.59. The zero-order chi connectivity index (χ0) is 10.8. The van der Waals surface area contributed by atoms with Crippen molar-refractivity contribution in [2.45, 2.75) is 58.5 Å². The summed E-state index contributed by atoms with van der Waals surface area (Å²) < 4.78 is 0. The van der Waals surface area contributed by atoms with E-state index in [1.165, 1.54) is 6.42 Å². The van der Waals surface area contributed by atoms with Gasteiger partial charge in [0.15, 0.2) is 0 Å². The monoisotopic (exact) mass is 199 g/mol. The minimum Gasteiger partial charge on any atom is -0.389 e. The summed E-state index contributed by atoms with van der Waals surface area (Å²) in [7, 11) is 0. The summed E-state index contributed by atoms with van der Waals surface area (Å²) in [5.74, 6) is 0.823. The summed E-state index contributed by atoms with van der Waals surface area (Å²) >= 11 is 0. The molecule has 3 N–H and O–H groups in total. The maximum Gasteiger partial charge on any atom is 0.0710 e. The van der Waals surface area contributed by atoms with Crippen LogP contribution < -0.4 is 5.73 Å². The molecule has 0 bridgehead atoms. The van der Waals surface area contributed by atoms with Crippen molar-refractivity contribution in [3.63, 3.8) is 0 Å². The van der Waals surface area contributed by atoms with Crippen LogP contribution in [0.15, 0.2) is 0 Å². The lowest BCUT2D eigenvalue weighted by atomic mass is 9.65. The van der Waals surface area contributed by atoms with E-state index in [0.29, 0.717) is 6.54 Å². The highest BCUT2D eigenvalue weighted by molar-refractivity contribution is 4.96. The van der Waals surface area contributed by atoms with E-state index in [0.717, 1.165) is 31.6 Å². The molecule has 0 aromatic rings. The van der Waals surface area contributed by atoms with Gasteiger partial charge in [0.25, 0.3) is 0 Å². The van der Waals surface area contributed by atoms with Gasteiger partial charge in [0.2, 0.25) is 0 Å². The Balaban J connectivity index is 2.61. The third-order valence-electron chi connectivity index (χ3n) is 4.28.